The van der Waals surface area contributed by atoms with Crippen LogP contribution in [0.25, 0.3) is 0 Å². The van der Waals surface area contributed by atoms with Crippen molar-refractivity contribution in [2.75, 3.05) is 13.7 Å². The topological polar surface area (TPSA) is 58.6 Å². The molecule has 0 spiro atoms. The third-order valence-electron chi connectivity index (χ3n) is 1.98. The predicted molar refractivity (Wildman–Crippen MR) is 56.6 cm³/mol. The average molecular weight is 209 g/mol. The van der Waals surface area contributed by atoms with Crippen LogP contribution < -0.4 is 5.32 Å². The molecule has 0 aliphatic carbocycles. The monoisotopic (exact) mass is 209 g/mol. The zero-order chi connectivity index (χ0) is 11.1. The fourth-order valence-corrected chi connectivity index (χ4v) is 1.23. The van der Waals surface area contributed by atoms with Gasteiger partial charge >= 0.3 is 6.09 Å². The molecule has 1 aromatic carbocycles. The largest absolute Gasteiger partial charge is 0.453 e. The number of rotatable bonds is 4. The first-order valence-corrected chi connectivity index (χ1v) is 4.76. The Morgan fingerprint density at radius 1 is 1.47 bits per heavy atom. The highest BCUT2D eigenvalue weighted by molar-refractivity contribution is 5.66. The Labute approximate surface area is 88.9 Å². The fourth-order valence-electron chi connectivity index (χ4n) is 1.23. The lowest BCUT2D eigenvalue weighted by molar-refractivity contribution is 0.146. The molecule has 0 radical (unpaired) electrons. The number of ether oxygens (including phenoxy) is 1. The Hall–Kier alpha value is -1.55. The number of hydrogen-bond acceptors (Lipinski definition) is 3. The zero-order valence-corrected chi connectivity index (χ0v) is 8.64. The number of alkyl carbamates (subject to hydrolysis) is 1. The van der Waals surface area contributed by atoms with E-state index in [1.165, 1.54) is 7.11 Å². The van der Waals surface area contributed by atoms with Gasteiger partial charge in [-0.25, -0.2) is 4.79 Å². The highest BCUT2D eigenvalue weighted by Crippen LogP contribution is 2.02. The number of carbonyl (C=O) groups is 1. The van der Waals surface area contributed by atoms with Crippen molar-refractivity contribution in [3.05, 3.63) is 35.9 Å². The molecule has 15 heavy (non-hydrogen) atoms. The number of aliphatic hydroxyl groups is 1. The van der Waals surface area contributed by atoms with Gasteiger partial charge in [0.1, 0.15) is 0 Å². The molecule has 0 aliphatic rings. The highest BCUT2D eigenvalue weighted by atomic mass is 16.5. The molecule has 0 fully saturated rings. The molecule has 4 nitrogen and oxygen atoms in total. The maximum absolute atomic E-state index is 10.7. The van der Waals surface area contributed by atoms with E-state index >= 15 is 0 Å². The summed E-state index contributed by atoms with van der Waals surface area (Å²) >= 11 is 0. The Morgan fingerprint density at radius 3 is 2.73 bits per heavy atom. The van der Waals surface area contributed by atoms with Crippen LogP contribution in [-0.2, 0) is 11.2 Å². The maximum atomic E-state index is 10.7. The second-order valence-electron chi connectivity index (χ2n) is 3.22. The van der Waals surface area contributed by atoms with Gasteiger partial charge in [0.25, 0.3) is 0 Å². The molecular weight excluding hydrogens is 194 g/mol. The molecule has 0 aromatic heterocycles. The van der Waals surface area contributed by atoms with E-state index in [4.69, 9.17) is 0 Å². The number of carbonyl (C=O) groups excluding carboxylic acids is 1. The van der Waals surface area contributed by atoms with Crippen LogP contribution in [0, 0.1) is 0 Å². The number of benzene rings is 1. The molecule has 0 heterocycles. The summed E-state index contributed by atoms with van der Waals surface area (Å²) in [5.41, 5.74) is 1.04. The first-order valence-electron chi connectivity index (χ1n) is 4.76. The summed E-state index contributed by atoms with van der Waals surface area (Å²) in [5.74, 6) is 0. The van der Waals surface area contributed by atoms with Gasteiger partial charge in [0.2, 0.25) is 0 Å². The van der Waals surface area contributed by atoms with Crippen molar-refractivity contribution >= 4 is 6.09 Å². The van der Waals surface area contributed by atoms with Gasteiger partial charge in [-0.05, 0) is 5.56 Å². The van der Waals surface area contributed by atoms with E-state index in [0.717, 1.165) is 5.56 Å². The van der Waals surface area contributed by atoms with Crippen molar-refractivity contribution < 1.29 is 14.6 Å². The van der Waals surface area contributed by atoms with Crippen molar-refractivity contribution in [2.45, 2.75) is 12.5 Å². The second kappa shape index (κ2) is 6.03. The Kier molecular flexibility index (Phi) is 4.63. The molecule has 0 aliphatic heterocycles. The Balaban J connectivity index is 2.30. The van der Waals surface area contributed by atoms with E-state index in [2.05, 4.69) is 10.1 Å². The van der Waals surface area contributed by atoms with Crippen LogP contribution in [0.3, 0.4) is 0 Å². The lowest BCUT2D eigenvalue weighted by Crippen LogP contribution is -2.33. The van der Waals surface area contributed by atoms with Crippen LogP contribution in [0.15, 0.2) is 30.3 Å². The summed E-state index contributed by atoms with van der Waals surface area (Å²) in [5, 5.41) is 12.0. The lowest BCUT2D eigenvalue weighted by Gasteiger charge is -2.10. The van der Waals surface area contributed by atoms with E-state index in [-0.39, 0.29) is 6.54 Å². The third kappa shape index (κ3) is 4.46. The molecule has 1 amide bonds. The van der Waals surface area contributed by atoms with E-state index in [1.807, 2.05) is 30.3 Å². The molecular formula is C11H15NO3. The van der Waals surface area contributed by atoms with Gasteiger partial charge in [0.05, 0.1) is 13.2 Å². The Morgan fingerprint density at radius 2 is 2.13 bits per heavy atom. The number of amides is 1. The summed E-state index contributed by atoms with van der Waals surface area (Å²) in [4.78, 5) is 10.7. The summed E-state index contributed by atoms with van der Waals surface area (Å²) in [6.45, 7) is 0.196. The molecule has 1 atom stereocenters. The molecule has 82 valence electrons. The molecule has 0 saturated carbocycles. The number of nitrogens with one attached hydrogen (secondary N) is 1. The zero-order valence-electron chi connectivity index (χ0n) is 8.64. The van der Waals surface area contributed by atoms with Crippen LogP contribution in [0.1, 0.15) is 5.56 Å². The van der Waals surface area contributed by atoms with E-state index < -0.39 is 12.2 Å². The third-order valence-corrected chi connectivity index (χ3v) is 1.98. The minimum absolute atomic E-state index is 0.196. The average Bonchev–Trinajstić information content (AvgIpc) is 2.27. The molecule has 2 N–H and O–H groups in total. The van der Waals surface area contributed by atoms with Gasteiger partial charge in [-0.1, -0.05) is 30.3 Å². The van der Waals surface area contributed by atoms with E-state index in [0.29, 0.717) is 6.42 Å². The van der Waals surface area contributed by atoms with Gasteiger partial charge in [-0.3, -0.25) is 0 Å². The number of methoxy groups -OCH3 is 1. The molecule has 1 aromatic rings. The predicted octanol–water partition coefficient (Wildman–Crippen LogP) is 0.946. The van der Waals surface area contributed by atoms with Crippen molar-refractivity contribution in [1.82, 2.24) is 5.32 Å². The smallest absolute Gasteiger partial charge is 0.406 e. The van der Waals surface area contributed by atoms with Crippen LogP contribution in [0.5, 0.6) is 0 Å². The second-order valence-corrected chi connectivity index (χ2v) is 3.22. The minimum atomic E-state index is -0.591. The summed E-state index contributed by atoms with van der Waals surface area (Å²) in [6, 6.07) is 9.61. The summed E-state index contributed by atoms with van der Waals surface area (Å²) < 4.78 is 4.39. The van der Waals surface area contributed by atoms with Crippen molar-refractivity contribution in [3.63, 3.8) is 0 Å². The molecule has 0 unspecified atom stereocenters. The van der Waals surface area contributed by atoms with Gasteiger partial charge in [0.15, 0.2) is 0 Å². The minimum Gasteiger partial charge on any atom is -0.453 e. The summed E-state index contributed by atoms with van der Waals surface area (Å²) in [6.07, 6.45) is -0.598. The van der Waals surface area contributed by atoms with Gasteiger partial charge in [0, 0.05) is 13.0 Å². The lowest BCUT2D eigenvalue weighted by atomic mass is 10.1. The molecule has 0 bridgehead atoms. The standard InChI is InChI=1S/C11H15NO3/c1-15-11(14)12-8-10(13)7-9-5-3-2-4-6-9/h2-6,10,13H,7-8H2,1H3,(H,12,14)/t10-/m0/s1. The van der Waals surface area contributed by atoms with E-state index in [1.54, 1.807) is 0 Å². The number of hydrogen-bond donors (Lipinski definition) is 2. The molecule has 4 heteroatoms. The maximum Gasteiger partial charge on any atom is 0.406 e. The number of aliphatic hydroxyl groups excluding tert-OH is 1. The molecule has 0 saturated heterocycles. The van der Waals surface area contributed by atoms with Crippen molar-refractivity contribution in [1.29, 1.82) is 0 Å². The molecule has 1 rings (SSSR count). The Bertz CT molecular complexity index is 300. The van der Waals surface area contributed by atoms with Crippen LogP contribution >= 0.6 is 0 Å². The normalized spacial score (nSPS) is 11.9. The first-order chi connectivity index (χ1) is 7.22. The summed E-state index contributed by atoms with van der Waals surface area (Å²) in [7, 11) is 1.29. The van der Waals surface area contributed by atoms with Gasteiger partial charge in [-0.2, -0.15) is 0 Å². The highest BCUT2D eigenvalue weighted by Gasteiger charge is 2.07. The SMILES string of the molecule is COC(=O)NC[C@@H](O)Cc1ccccc1. The fraction of sp³-hybridized carbons (Fsp3) is 0.364. The van der Waals surface area contributed by atoms with Crippen molar-refractivity contribution in [3.8, 4) is 0 Å². The van der Waals surface area contributed by atoms with Gasteiger partial charge in [-0.15, -0.1) is 0 Å². The van der Waals surface area contributed by atoms with Crippen LogP contribution in [0.4, 0.5) is 4.79 Å². The van der Waals surface area contributed by atoms with Crippen LogP contribution in [0.2, 0.25) is 0 Å². The quantitative estimate of drug-likeness (QED) is 0.776. The van der Waals surface area contributed by atoms with Crippen LogP contribution in [-0.4, -0.2) is 31.0 Å². The van der Waals surface area contributed by atoms with Gasteiger partial charge < -0.3 is 15.2 Å². The van der Waals surface area contributed by atoms with E-state index in [9.17, 15) is 9.90 Å². The first kappa shape index (κ1) is 11.5. The van der Waals surface area contributed by atoms with Crippen molar-refractivity contribution in [2.24, 2.45) is 0 Å².